The standard InChI is InChI=1S/C11H18O4.C10H16O5.C8H10O4.6C2H6/c1-6-5-7(2)9(11(13)15-4)8(6)10(12)14-3;1-5-7(9(11)13-3)8(6(2)15-5)10(12)14-4;1-3-5-6(4(2)11-3)8(10)12-7(5)9;6*1-2/h6-9H,5H2,1-4H3;5-8H,1-4H3;3-6H,1-2H3;6*1-2H3/t;;3?,4?,5-,6+;;;;;;. The van der Waals surface area contributed by atoms with Gasteiger partial charge in [0.25, 0.3) is 0 Å². The lowest BCUT2D eigenvalue weighted by Crippen LogP contribution is -2.35. The summed E-state index contributed by atoms with van der Waals surface area (Å²) in [5.74, 6) is -4.55. The normalized spacial score (nSPS) is 30.3. The SMILES string of the molecule is CC.CC.CC.CC.CC.CC.CC1OC(C)[C@@H]2C(=O)OC(=O)[C@H]12.COC(=O)C1C(C)CC(C)C1C(=O)OC.COC(=O)C1C(C)OC(C)C1C(=O)OC. The van der Waals surface area contributed by atoms with Crippen LogP contribution in [0.15, 0.2) is 0 Å². The van der Waals surface area contributed by atoms with E-state index in [4.69, 9.17) is 18.9 Å². The number of carbonyl (C=O) groups excluding carboxylic acids is 6. The number of carbonyl (C=O) groups is 6. The molecule has 4 aliphatic rings. The van der Waals surface area contributed by atoms with Gasteiger partial charge in [-0.05, 0) is 46.0 Å². The Labute approximate surface area is 328 Å². The monoisotopic (exact) mass is 781 g/mol. The molecule has 3 heterocycles. The van der Waals surface area contributed by atoms with Crippen molar-refractivity contribution >= 4 is 35.8 Å². The third-order valence-corrected chi connectivity index (χ3v) is 8.65. The molecule has 0 aromatic rings. The van der Waals surface area contributed by atoms with Gasteiger partial charge in [0.05, 0.1) is 88.4 Å². The van der Waals surface area contributed by atoms with Crippen LogP contribution in [0.3, 0.4) is 0 Å². The van der Waals surface area contributed by atoms with Gasteiger partial charge in [0.1, 0.15) is 0 Å². The van der Waals surface area contributed by atoms with E-state index in [0.717, 1.165) is 6.42 Å². The summed E-state index contributed by atoms with van der Waals surface area (Å²) in [5, 5.41) is 0. The predicted octanol–water partition coefficient (Wildman–Crippen LogP) is 7.88. The Bertz CT molecular complexity index is 901. The van der Waals surface area contributed by atoms with Crippen LogP contribution in [0.5, 0.6) is 0 Å². The Balaban J connectivity index is -0.000000195. The van der Waals surface area contributed by atoms with Crippen molar-refractivity contribution in [2.24, 2.45) is 47.3 Å². The summed E-state index contributed by atoms with van der Waals surface area (Å²) >= 11 is 0. The first kappa shape index (κ1) is 60.2. The second-order valence-corrected chi connectivity index (χ2v) is 11.3. The van der Waals surface area contributed by atoms with Crippen LogP contribution in [0.1, 0.15) is 131 Å². The van der Waals surface area contributed by atoms with Gasteiger partial charge in [0, 0.05) is 0 Å². The van der Waals surface area contributed by atoms with Crippen LogP contribution in [0, 0.1) is 47.3 Å². The van der Waals surface area contributed by atoms with Crippen molar-refractivity contribution in [2.75, 3.05) is 28.4 Å². The van der Waals surface area contributed by atoms with Crippen LogP contribution in [-0.4, -0.2) is 88.7 Å². The summed E-state index contributed by atoms with van der Waals surface area (Å²) in [6, 6.07) is 0. The van der Waals surface area contributed by atoms with Gasteiger partial charge < -0.3 is 33.2 Å². The van der Waals surface area contributed by atoms with Gasteiger partial charge in [-0.3, -0.25) is 28.8 Å². The molecule has 54 heavy (non-hydrogen) atoms. The van der Waals surface area contributed by atoms with Crippen molar-refractivity contribution in [3.05, 3.63) is 0 Å². The van der Waals surface area contributed by atoms with Gasteiger partial charge in [-0.2, -0.15) is 0 Å². The third-order valence-electron chi connectivity index (χ3n) is 8.65. The highest BCUT2D eigenvalue weighted by atomic mass is 16.6. The first-order valence-electron chi connectivity index (χ1n) is 20.0. The predicted molar refractivity (Wildman–Crippen MR) is 211 cm³/mol. The minimum absolute atomic E-state index is 0.177. The average Bonchev–Trinajstić information content (AvgIpc) is 3.90. The van der Waals surface area contributed by atoms with Crippen molar-refractivity contribution in [3.8, 4) is 0 Å². The number of methoxy groups -OCH3 is 4. The zero-order valence-corrected chi connectivity index (χ0v) is 37.9. The molecular formula is C41H80O13. The fourth-order valence-electron chi connectivity index (χ4n) is 6.66. The van der Waals surface area contributed by atoms with Gasteiger partial charge in [0.15, 0.2) is 0 Å². The number of cyclic esters (lactones) is 2. The summed E-state index contributed by atoms with van der Waals surface area (Å²) in [7, 11) is 5.30. The van der Waals surface area contributed by atoms with Crippen molar-refractivity contribution in [3.63, 3.8) is 0 Å². The molecule has 0 radical (unpaired) electrons. The Morgan fingerprint density at radius 3 is 0.889 bits per heavy atom. The van der Waals surface area contributed by atoms with Crippen molar-refractivity contribution < 1.29 is 61.9 Å². The van der Waals surface area contributed by atoms with E-state index in [-0.39, 0.29) is 71.9 Å². The smallest absolute Gasteiger partial charge is 0.320 e. The van der Waals surface area contributed by atoms with Crippen molar-refractivity contribution in [2.45, 2.75) is 155 Å². The molecule has 3 aliphatic heterocycles. The molecule has 0 N–H and O–H groups in total. The van der Waals surface area contributed by atoms with E-state index < -0.39 is 35.7 Å². The summed E-state index contributed by atoms with van der Waals surface area (Å²) in [6.45, 7) is 35.0. The van der Waals surface area contributed by atoms with Gasteiger partial charge in [-0.25, -0.2) is 0 Å². The van der Waals surface area contributed by atoms with Crippen LogP contribution in [0.25, 0.3) is 0 Å². The zero-order chi connectivity index (χ0) is 44.0. The van der Waals surface area contributed by atoms with Crippen LogP contribution in [0.4, 0.5) is 0 Å². The highest BCUT2D eigenvalue weighted by molar-refractivity contribution is 5.97. The molecule has 0 amide bonds. The Morgan fingerprint density at radius 2 is 0.648 bits per heavy atom. The number of rotatable bonds is 4. The molecular weight excluding hydrogens is 700 g/mol. The van der Waals surface area contributed by atoms with Gasteiger partial charge in [-0.1, -0.05) is 96.9 Å². The Morgan fingerprint density at radius 1 is 0.426 bits per heavy atom. The molecule has 322 valence electrons. The number of ether oxygens (including phenoxy) is 7. The molecule has 10 unspecified atom stereocenters. The van der Waals surface area contributed by atoms with E-state index in [1.807, 2.05) is 96.9 Å². The molecule has 0 aromatic heterocycles. The summed E-state index contributed by atoms with van der Waals surface area (Å²) in [5.41, 5.74) is 0. The molecule has 0 aromatic carbocycles. The largest absolute Gasteiger partial charge is 0.469 e. The fraction of sp³-hybridized carbons (Fsp3) is 0.854. The lowest BCUT2D eigenvalue weighted by molar-refractivity contribution is -0.158. The summed E-state index contributed by atoms with van der Waals surface area (Å²) in [4.78, 5) is 68.3. The Kier molecular flexibility index (Phi) is 38.4. The first-order valence-corrected chi connectivity index (χ1v) is 20.0. The van der Waals surface area contributed by atoms with Crippen molar-refractivity contribution in [1.29, 1.82) is 0 Å². The molecule has 0 bridgehead atoms. The van der Waals surface area contributed by atoms with E-state index >= 15 is 0 Å². The molecule has 1 saturated carbocycles. The number of fused-ring (bicyclic) bond motifs is 1. The number of esters is 6. The highest BCUT2D eigenvalue weighted by Gasteiger charge is 2.55. The van der Waals surface area contributed by atoms with Gasteiger partial charge >= 0.3 is 35.8 Å². The van der Waals surface area contributed by atoms with E-state index in [9.17, 15) is 28.8 Å². The van der Waals surface area contributed by atoms with E-state index in [2.05, 4.69) is 14.2 Å². The molecule has 4 rings (SSSR count). The first-order chi connectivity index (χ1) is 25.7. The molecule has 13 heteroatoms. The Hall–Kier alpha value is -3.06. The highest BCUT2D eigenvalue weighted by Crippen LogP contribution is 2.42. The average molecular weight is 781 g/mol. The molecule has 13 nitrogen and oxygen atoms in total. The number of hydrogen-bond donors (Lipinski definition) is 0. The number of hydrogen-bond acceptors (Lipinski definition) is 13. The van der Waals surface area contributed by atoms with Crippen LogP contribution in [0.2, 0.25) is 0 Å². The van der Waals surface area contributed by atoms with Crippen molar-refractivity contribution in [1.82, 2.24) is 0 Å². The minimum atomic E-state index is -0.572. The molecule has 3 saturated heterocycles. The second-order valence-electron chi connectivity index (χ2n) is 11.3. The molecule has 12 atom stereocenters. The quantitative estimate of drug-likeness (QED) is 0.154. The maximum absolute atomic E-state index is 11.6. The second kappa shape index (κ2) is 34.4. The maximum Gasteiger partial charge on any atom is 0.320 e. The van der Waals surface area contributed by atoms with Crippen LogP contribution >= 0.6 is 0 Å². The summed E-state index contributed by atoms with van der Waals surface area (Å²) < 4.78 is 34.1. The summed E-state index contributed by atoms with van der Waals surface area (Å²) in [6.07, 6.45) is -0.166. The van der Waals surface area contributed by atoms with E-state index in [0.29, 0.717) is 0 Å². The van der Waals surface area contributed by atoms with Gasteiger partial charge in [-0.15, -0.1) is 0 Å². The molecule has 4 fully saturated rings. The zero-order valence-electron chi connectivity index (χ0n) is 37.9. The van der Waals surface area contributed by atoms with E-state index in [1.54, 1.807) is 27.7 Å². The topological polar surface area (TPSA) is 167 Å². The minimum Gasteiger partial charge on any atom is -0.469 e. The molecule has 0 spiro atoms. The fourth-order valence-corrected chi connectivity index (χ4v) is 6.66. The maximum atomic E-state index is 11.6. The van der Waals surface area contributed by atoms with Crippen LogP contribution < -0.4 is 0 Å². The third kappa shape index (κ3) is 17.2. The molecule has 1 aliphatic carbocycles. The lowest BCUT2D eigenvalue weighted by atomic mass is 9.88. The van der Waals surface area contributed by atoms with Gasteiger partial charge in [0.2, 0.25) is 0 Å². The van der Waals surface area contributed by atoms with E-state index in [1.165, 1.54) is 28.4 Å². The lowest BCUT2D eigenvalue weighted by Gasteiger charge is -2.19. The van der Waals surface area contributed by atoms with Crippen LogP contribution in [-0.2, 0) is 61.9 Å².